The molecule has 0 aromatic heterocycles. The molecule has 47 valence electrons. The van der Waals surface area contributed by atoms with E-state index in [2.05, 4.69) is 11.7 Å². The number of Topliss-reactive ketones (excluding diaryl/α,β-unsaturated/α-hetero) is 1. The van der Waals surface area contributed by atoms with E-state index in [0.717, 1.165) is 0 Å². The molecular weight excluding hydrogens is 124 g/mol. The standard InChI is InChI=1S/C4H3N2O3/c1-2(7)3(6-5)4(8)9/h1H2,(H,8,9). The number of ketones is 1. The van der Waals surface area contributed by atoms with Crippen molar-refractivity contribution in [2.75, 3.05) is 0 Å². The first kappa shape index (κ1) is 7.52. The maximum absolute atomic E-state index is 10.0. The first-order chi connectivity index (χ1) is 4.09. The maximum Gasteiger partial charge on any atom is 0.441 e. The van der Waals surface area contributed by atoms with Gasteiger partial charge in [-0.1, -0.05) is 0 Å². The molecule has 1 radical (unpaired) electrons. The molecule has 0 heterocycles. The molecule has 9 heavy (non-hydrogen) atoms. The summed E-state index contributed by atoms with van der Waals surface area (Å²) in [6.45, 7) is 2.72. The molecule has 1 N–H and O–H groups in total. The van der Waals surface area contributed by atoms with Crippen LogP contribution in [0.1, 0.15) is 0 Å². The average molecular weight is 127 g/mol. The van der Waals surface area contributed by atoms with Crippen molar-refractivity contribution in [2.24, 2.45) is 0 Å². The fraction of sp³-hybridized carbons (Fsp3) is 0. The Morgan fingerprint density at radius 2 is 2.00 bits per heavy atom. The van der Waals surface area contributed by atoms with E-state index in [4.69, 9.17) is 10.6 Å². The number of carboxylic acids is 1. The number of carboxylic acid groups (broad SMARTS) is 1. The zero-order valence-corrected chi connectivity index (χ0v) is 4.37. The molecule has 0 aromatic rings. The lowest BCUT2D eigenvalue weighted by Gasteiger charge is -1.76. The van der Waals surface area contributed by atoms with Gasteiger partial charge in [-0.15, -0.1) is 0 Å². The Bertz CT molecular complexity index is 186. The number of aliphatic carboxylic acids is 1. The van der Waals surface area contributed by atoms with E-state index in [1.54, 1.807) is 0 Å². The second kappa shape index (κ2) is 2.74. The summed E-state index contributed by atoms with van der Waals surface area (Å²) < 4.78 is 0. The highest BCUT2D eigenvalue weighted by Crippen LogP contribution is 1.72. The van der Waals surface area contributed by atoms with Crippen LogP contribution in [0, 0.1) is 6.92 Å². The van der Waals surface area contributed by atoms with Gasteiger partial charge in [0.25, 0.3) is 5.78 Å². The Morgan fingerprint density at radius 1 is 1.56 bits per heavy atom. The Hall–Kier alpha value is -1.48. The molecule has 0 saturated heterocycles. The zero-order chi connectivity index (χ0) is 7.44. The van der Waals surface area contributed by atoms with Gasteiger partial charge in [0.2, 0.25) is 0 Å². The van der Waals surface area contributed by atoms with Crippen molar-refractivity contribution >= 4 is 17.5 Å². The molecule has 0 rings (SSSR count). The van der Waals surface area contributed by atoms with E-state index in [-0.39, 0.29) is 0 Å². The minimum atomic E-state index is -1.59. The topological polar surface area (TPSA) is 90.8 Å². The van der Waals surface area contributed by atoms with E-state index < -0.39 is 17.5 Å². The van der Waals surface area contributed by atoms with Crippen LogP contribution in [0.5, 0.6) is 0 Å². The predicted octanol–water partition coefficient (Wildman–Crippen LogP) is -0.855. The first-order valence-electron chi connectivity index (χ1n) is 1.91. The molecule has 0 atom stereocenters. The van der Waals surface area contributed by atoms with Crippen LogP contribution in [0.3, 0.4) is 0 Å². The van der Waals surface area contributed by atoms with Gasteiger partial charge in [0.05, 0.1) is 0 Å². The van der Waals surface area contributed by atoms with Crippen LogP contribution in [0.15, 0.2) is 0 Å². The summed E-state index contributed by atoms with van der Waals surface area (Å²) in [5, 5.41) is 7.99. The second-order valence-electron chi connectivity index (χ2n) is 1.18. The van der Waals surface area contributed by atoms with E-state index >= 15 is 0 Å². The van der Waals surface area contributed by atoms with Gasteiger partial charge in [-0.3, -0.25) is 4.79 Å². The lowest BCUT2D eigenvalue weighted by Crippen LogP contribution is -2.22. The summed E-state index contributed by atoms with van der Waals surface area (Å²) in [5.74, 6) is -2.61. The van der Waals surface area contributed by atoms with Gasteiger partial charge in [0.15, 0.2) is 0 Å². The highest BCUT2D eigenvalue weighted by atomic mass is 16.4. The average Bonchev–Trinajstić information content (AvgIpc) is 1.64. The van der Waals surface area contributed by atoms with Crippen molar-refractivity contribution in [1.82, 2.24) is 0 Å². The second-order valence-corrected chi connectivity index (χ2v) is 1.18. The Labute approximate surface area is 50.5 Å². The van der Waals surface area contributed by atoms with Gasteiger partial charge >= 0.3 is 11.7 Å². The number of nitrogens with zero attached hydrogens (tertiary/aromatic N) is 2. The van der Waals surface area contributed by atoms with Gasteiger partial charge in [-0.05, 0) is 0 Å². The first-order valence-corrected chi connectivity index (χ1v) is 1.91. The Kier molecular flexibility index (Phi) is 2.29. The quantitative estimate of drug-likeness (QED) is 0.226. The highest BCUT2D eigenvalue weighted by Gasteiger charge is 2.23. The molecule has 0 aliphatic carbocycles. The Morgan fingerprint density at radius 3 is 2.00 bits per heavy atom. The number of hydrogen-bond acceptors (Lipinski definition) is 2. The van der Waals surface area contributed by atoms with Crippen molar-refractivity contribution < 1.29 is 19.5 Å². The van der Waals surface area contributed by atoms with Crippen LogP contribution in [0.4, 0.5) is 0 Å². The monoisotopic (exact) mass is 127 g/mol. The molecule has 0 bridgehead atoms. The fourth-order valence-corrected chi connectivity index (χ4v) is 0.218. The maximum atomic E-state index is 10.0. The van der Waals surface area contributed by atoms with Crippen molar-refractivity contribution in [3.05, 3.63) is 12.5 Å². The lowest BCUT2D eigenvalue weighted by molar-refractivity contribution is -0.136. The van der Waals surface area contributed by atoms with Crippen LogP contribution >= 0.6 is 0 Å². The third-order valence-corrected chi connectivity index (χ3v) is 0.567. The van der Waals surface area contributed by atoms with Crippen LogP contribution < -0.4 is 0 Å². The minimum absolute atomic E-state index is 0.963. The molecule has 5 nitrogen and oxygen atoms in total. The predicted molar refractivity (Wildman–Crippen MR) is 26.6 cm³/mol. The summed E-state index contributed by atoms with van der Waals surface area (Å²) >= 11 is 0. The van der Waals surface area contributed by atoms with E-state index in [9.17, 15) is 9.59 Å². The molecule has 0 aliphatic heterocycles. The van der Waals surface area contributed by atoms with Crippen molar-refractivity contribution in [3.63, 3.8) is 0 Å². The fourth-order valence-electron chi connectivity index (χ4n) is 0.218. The summed E-state index contributed by atoms with van der Waals surface area (Å²) in [6.07, 6.45) is 0. The number of hydrogen-bond donors (Lipinski definition) is 1. The van der Waals surface area contributed by atoms with Crippen molar-refractivity contribution in [3.8, 4) is 0 Å². The molecule has 0 amide bonds. The zero-order valence-electron chi connectivity index (χ0n) is 4.37. The smallest absolute Gasteiger partial charge is 0.441 e. The van der Waals surface area contributed by atoms with Gasteiger partial charge < -0.3 is 10.6 Å². The van der Waals surface area contributed by atoms with Crippen LogP contribution in [0.25, 0.3) is 5.53 Å². The van der Waals surface area contributed by atoms with E-state index in [1.807, 2.05) is 0 Å². The molecular formula is C4H3N2O3. The third-order valence-electron chi connectivity index (χ3n) is 0.567. The summed E-state index contributed by atoms with van der Waals surface area (Å²) in [7, 11) is 0. The largest absolute Gasteiger partial charge is 0.472 e. The van der Waals surface area contributed by atoms with Gasteiger partial charge in [0.1, 0.15) is 0 Å². The van der Waals surface area contributed by atoms with Gasteiger partial charge in [-0.2, -0.15) is 4.79 Å². The third kappa shape index (κ3) is 1.84. The van der Waals surface area contributed by atoms with E-state index in [0.29, 0.717) is 0 Å². The number of carbonyl (C=O) groups excluding carboxylic acids is 1. The van der Waals surface area contributed by atoms with Crippen LogP contribution in [0.2, 0.25) is 0 Å². The summed E-state index contributed by atoms with van der Waals surface area (Å²) in [6, 6.07) is 0. The number of carbonyl (C=O) groups is 2. The highest BCUT2D eigenvalue weighted by molar-refractivity contribution is 6.62. The molecule has 5 heteroatoms. The molecule has 0 aromatic carbocycles. The minimum Gasteiger partial charge on any atom is -0.472 e. The van der Waals surface area contributed by atoms with Crippen molar-refractivity contribution in [2.45, 2.75) is 0 Å². The molecule has 0 spiro atoms. The van der Waals surface area contributed by atoms with Gasteiger partial charge in [0, 0.05) is 6.92 Å². The normalized spacial score (nSPS) is 7.67. The molecule has 0 aliphatic rings. The summed E-state index contributed by atoms with van der Waals surface area (Å²) in [4.78, 5) is 22.0. The molecule has 0 fully saturated rings. The molecule has 0 saturated carbocycles. The SMILES string of the molecule is [CH2]C(=O)C(=[N+]=[N-])C(=O)O. The summed E-state index contributed by atoms with van der Waals surface area (Å²) in [5.41, 5.74) is 6.85. The van der Waals surface area contributed by atoms with E-state index in [1.165, 1.54) is 0 Å². The Balaban J connectivity index is 4.59. The van der Waals surface area contributed by atoms with Crippen LogP contribution in [-0.2, 0) is 9.59 Å². The molecule has 0 unspecified atom stereocenters. The lowest BCUT2D eigenvalue weighted by atomic mass is 10.3. The number of rotatable bonds is 2. The van der Waals surface area contributed by atoms with Gasteiger partial charge in [-0.25, -0.2) is 4.79 Å². The van der Waals surface area contributed by atoms with Crippen LogP contribution in [-0.4, -0.2) is 27.4 Å². The van der Waals surface area contributed by atoms with Crippen molar-refractivity contribution in [1.29, 1.82) is 0 Å².